The van der Waals surface area contributed by atoms with Gasteiger partial charge in [0, 0.05) is 5.92 Å². The van der Waals surface area contributed by atoms with Gasteiger partial charge in [-0.2, -0.15) is 0 Å². The minimum Gasteiger partial charge on any atom is -0.449 e. The van der Waals surface area contributed by atoms with Gasteiger partial charge in [0.1, 0.15) is 12.2 Å². The first-order chi connectivity index (χ1) is 12.2. The number of nitrogens with two attached hydrogens (primary N) is 2. The Hall–Kier alpha value is -3.02. The van der Waals surface area contributed by atoms with Crippen LogP contribution in [0.5, 0.6) is 0 Å². The third kappa shape index (κ3) is 4.99. The van der Waals surface area contributed by atoms with Crippen LogP contribution >= 0.6 is 0 Å². The Morgan fingerprint density at radius 1 is 0.885 bits per heavy atom. The largest absolute Gasteiger partial charge is 0.449 e. The van der Waals surface area contributed by atoms with Gasteiger partial charge in [-0.1, -0.05) is 48.5 Å². The topological polar surface area (TPSA) is 105 Å². The van der Waals surface area contributed by atoms with Gasteiger partial charge < -0.3 is 20.9 Å². The molecule has 2 amide bonds. The molecule has 0 aromatic heterocycles. The number of carbonyl (C=O) groups is 2. The first-order valence-corrected chi connectivity index (χ1v) is 8.28. The van der Waals surface area contributed by atoms with E-state index in [2.05, 4.69) is 29.0 Å². The van der Waals surface area contributed by atoms with Crippen molar-refractivity contribution in [2.45, 2.75) is 32.3 Å². The molecule has 0 radical (unpaired) electrons. The Balaban J connectivity index is 0.000000260. The molecule has 0 atom stereocenters. The summed E-state index contributed by atoms with van der Waals surface area (Å²) in [5.74, 6) is 0.0879. The van der Waals surface area contributed by atoms with E-state index in [1.807, 2.05) is 24.3 Å². The highest BCUT2D eigenvalue weighted by Gasteiger charge is 2.28. The molecule has 0 aliphatic heterocycles. The van der Waals surface area contributed by atoms with E-state index in [1.165, 1.54) is 22.3 Å². The van der Waals surface area contributed by atoms with Crippen LogP contribution in [0.3, 0.4) is 0 Å². The zero-order valence-electron chi connectivity index (χ0n) is 15.2. The first kappa shape index (κ1) is 19.3. The quantitative estimate of drug-likeness (QED) is 0.854. The Labute approximate surface area is 153 Å². The number of benzene rings is 2. The van der Waals surface area contributed by atoms with Crippen LogP contribution in [0.4, 0.5) is 9.59 Å². The van der Waals surface area contributed by atoms with Crippen LogP contribution in [0.25, 0.3) is 11.1 Å². The zero-order valence-corrected chi connectivity index (χ0v) is 15.2. The fourth-order valence-corrected chi connectivity index (χ4v) is 2.91. The monoisotopic (exact) mass is 356 g/mol. The predicted octanol–water partition coefficient (Wildman–Crippen LogP) is 3.77. The standard InChI is InChI=1S/C15H13NO2.C5H11NO2/c16-15(17)18-9-14-12-7-3-1-5-10(12)11-6-2-4-8-13(11)14;1-5(2,3)8-4(6)7/h1-8,14H,9H2,(H2,16,17);1-3H3,(H2,6,7). The fraction of sp³-hybridized carbons (Fsp3) is 0.300. The maximum atomic E-state index is 10.8. The van der Waals surface area contributed by atoms with Crippen molar-refractivity contribution in [2.75, 3.05) is 6.61 Å². The summed E-state index contributed by atoms with van der Waals surface area (Å²) in [6, 6.07) is 16.4. The van der Waals surface area contributed by atoms with Crippen LogP contribution < -0.4 is 11.5 Å². The van der Waals surface area contributed by atoms with Gasteiger partial charge in [-0.25, -0.2) is 9.59 Å². The summed E-state index contributed by atoms with van der Waals surface area (Å²) >= 11 is 0. The summed E-state index contributed by atoms with van der Waals surface area (Å²) in [5, 5.41) is 0. The van der Waals surface area contributed by atoms with Crippen molar-refractivity contribution < 1.29 is 19.1 Å². The van der Waals surface area contributed by atoms with Gasteiger partial charge in [0.05, 0.1) is 0 Å². The number of hydrogen-bond acceptors (Lipinski definition) is 4. The highest BCUT2D eigenvalue weighted by molar-refractivity contribution is 5.79. The zero-order chi connectivity index (χ0) is 19.3. The van der Waals surface area contributed by atoms with Gasteiger partial charge in [0.2, 0.25) is 0 Å². The van der Waals surface area contributed by atoms with Crippen LogP contribution in [-0.4, -0.2) is 24.4 Å². The first-order valence-electron chi connectivity index (χ1n) is 8.28. The molecule has 6 nitrogen and oxygen atoms in total. The molecule has 1 aliphatic carbocycles. The molecule has 0 heterocycles. The fourth-order valence-electron chi connectivity index (χ4n) is 2.91. The van der Waals surface area contributed by atoms with E-state index in [0.29, 0.717) is 6.61 Å². The lowest BCUT2D eigenvalue weighted by molar-refractivity contribution is 0.0600. The van der Waals surface area contributed by atoms with Gasteiger partial charge >= 0.3 is 12.2 Å². The van der Waals surface area contributed by atoms with Crippen LogP contribution in [-0.2, 0) is 9.47 Å². The average molecular weight is 356 g/mol. The van der Waals surface area contributed by atoms with Crippen LogP contribution in [0.2, 0.25) is 0 Å². The number of primary amides is 2. The number of fused-ring (bicyclic) bond motifs is 3. The number of rotatable bonds is 2. The molecule has 0 spiro atoms. The summed E-state index contributed by atoms with van der Waals surface area (Å²) in [6.45, 7) is 5.58. The van der Waals surface area contributed by atoms with E-state index >= 15 is 0 Å². The lowest BCUT2D eigenvalue weighted by Gasteiger charge is -2.16. The molecular formula is C20H24N2O4. The molecule has 1 aliphatic rings. The Morgan fingerprint density at radius 3 is 1.69 bits per heavy atom. The van der Waals surface area contributed by atoms with E-state index in [9.17, 15) is 9.59 Å². The molecule has 0 unspecified atom stereocenters. The van der Waals surface area contributed by atoms with Crippen molar-refractivity contribution in [3.63, 3.8) is 0 Å². The molecule has 4 N–H and O–H groups in total. The maximum absolute atomic E-state index is 10.8. The third-order valence-electron chi connectivity index (χ3n) is 3.76. The Bertz CT molecular complexity index is 751. The minimum atomic E-state index is -0.725. The van der Waals surface area contributed by atoms with Crippen LogP contribution in [0.1, 0.15) is 37.8 Å². The van der Waals surface area contributed by atoms with Crippen molar-refractivity contribution in [2.24, 2.45) is 11.5 Å². The smallest absolute Gasteiger partial charge is 0.405 e. The summed E-state index contributed by atoms with van der Waals surface area (Å²) in [6.07, 6.45) is -1.45. The highest BCUT2D eigenvalue weighted by Crippen LogP contribution is 2.44. The summed E-state index contributed by atoms with van der Waals surface area (Å²) in [7, 11) is 0. The van der Waals surface area contributed by atoms with E-state index in [-0.39, 0.29) is 5.92 Å². The number of ether oxygens (including phenoxy) is 2. The van der Waals surface area contributed by atoms with Crippen molar-refractivity contribution in [3.8, 4) is 11.1 Å². The second kappa shape index (κ2) is 7.91. The molecule has 26 heavy (non-hydrogen) atoms. The molecule has 6 heteroatoms. The SMILES string of the molecule is CC(C)(C)OC(N)=O.NC(=O)OCC1c2ccccc2-c2ccccc21. The lowest BCUT2D eigenvalue weighted by Crippen LogP contribution is -2.27. The number of amides is 2. The van der Waals surface area contributed by atoms with Gasteiger partial charge in [0.25, 0.3) is 0 Å². The van der Waals surface area contributed by atoms with Crippen molar-refractivity contribution >= 4 is 12.2 Å². The third-order valence-corrected chi connectivity index (χ3v) is 3.76. The van der Waals surface area contributed by atoms with Crippen molar-refractivity contribution in [3.05, 3.63) is 59.7 Å². The molecular weight excluding hydrogens is 332 g/mol. The van der Waals surface area contributed by atoms with Crippen LogP contribution in [0, 0.1) is 0 Å². The van der Waals surface area contributed by atoms with Gasteiger partial charge in [0.15, 0.2) is 0 Å². The van der Waals surface area contributed by atoms with Crippen LogP contribution in [0.15, 0.2) is 48.5 Å². The second-order valence-corrected chi connectivity index (χ2v) is 6.89. The van der Waals surface area contributed by atoms with Crippen molar-refractivity contribution in [1.29, 1.82) is 0 Å². The van der Waals surface area contributed by atoms with Gasteiger partial charge in [-0.15, -0.1) is 0 Å². The lowest BCUT2D eigenvalue weighted by atomic mass is 9.98. The average Bonchev–Trinajstić information content (AvgIpc) is 2.85. The van der Waals surface area contributed by atoms with Crippen molar-refractivity contribution in [1.82, 2.24) is 0 Å². The molecule has 0 bridgehead atoms. The normalized spacial score (nSPS) is 12.3. The maximum Gasteiger partial charge on any atom is 0.405 e. The minimum absolute atomic E-state index is 0.0879. The van der Waals surface area contributed by atoms with Gasteiger partial charge in [-0.05, 0) is 43.0 Å². The molecule has 0 saturated heterocycles. The molecule has 0 fully saturated rings. The Kier molecular flexibility index (Phi) is 5.87. The van der Waals surface area contributed by atoms with E-state index in [1.54, 1.807) is 20.8 Å². The molecule has 2 aromatic carbocycles. The Morgan fingerprint density at radius 2 is 1.35 bits per heavy atom. The summed E-state index contributed by atoms with van der Waals surface area (Å²) in [4.78, 5) is 20.8. The number of carbonyl (C=O) groups excluding carboxylic acids is 2. The molecule has 3 rings (SSSR count). The number of hydrogen-bond donors (Lipinski definition) is 2. The molecule has 0 saturated carbocycles. The van der Waals surface area contributed by atoms with Gasteiger partial charge in [-0.3, -0.25) is 0 Å². The second-order valence-electron chi connectivity index (χ2n) is 6.89. The molecule has 2 aromatic rings. The van der Waals surface area contributed by atoms with E-state index in [0.717, 1.165) is 0 Å². The predicted molar refractivity (Wildman–Crippen MR) is 99.7 cm³/mol. The summed E-state index contributed by atoms with van der Waals surface area (Å²) in [5.41, 5.74) is 14.1. The summed E-state index contributed by atoms with van der Waals surface area (Å²) < 4.78 is 9.55. The highest BCUT2D eigenvalue weighted by atomic mass is 16.6. The molecule has 138 valence electrons. The van der Waals surface area contributed by atoms with E-state index < -0.39 is 17.8 Å². The van der Waals surface area contributed by atoms with E-state index in [4.69, 9.17) is 16.2 Å².